The third-order valence-corrected chi connectivity index (χ3v) is 4.01. The third kappa shape index (κ3) is 1.93. The molecule has 1 fully saturated rings. The maximum absolute atomic E-state index is 10.6. The molecule has 2 rings (SSSR count). The van der Waals surface area contributed by atoms with Crippen molar-refractivity contribution in [2.75, 3.05) is 0 Å². The van der Waals surface area contributed by atoms with Gasteiger partial charge in [-0.2, -0.15) is 0 Å². The van der Waals surface area contributed by atoms with E-state index in [1.54, 1.807) is 0 Å². The number of rotatable bonds is 3. The molecule has 3 heteroatoms. The molecule has 2 nitrogen and oxygen atoms in total. The first kappa shape index (κ1) is 10.7. The fourth-order valence-corrected chi connectivity index (χ4v) is 2.95. The van der Waals surface area contributed by atoms with E-state index in [9.17, 15) is 4.79 Å². The Morgan fingerprint density at radius 3 is 2.87 bits per heavy atom. The summed E-state index contributed by atoms with van der Waals surface area (Å²) in [4.78, 5) is 10.6. The van der Waals surface area contributed by atoms with Gasteiger partial charge in [-0.15, -0.1) is 0 Å². The first-order chi connectivity index (χ1) is 7.04. The number of hydrogen-bond donors (Lipinski definition) is 1. The van der Waals surface area contributed by atoms with Crippen molar-refractivity contribution in [3.8, 4) is 0 Å². The number of carboxylic acid groups (broad SMARTS) is 1. The SMILES string of the molecule is CC1(c2ccccc2Br)CC1CC(=O)O. The van der Waals surface area contributed by atoms with Crippen LogP contribution in [0.4, 0.5) is 0 Å². The Balaban J connectivity index is 2.20. The Labute approximate surface area is 97.4 Å². The minimum atomic E-state index is -0.698. The number of carbonyl (C=O) groups is 1. The Morgan fingerprint density at radius 2 is 2.27 bits per heavy atom. The van der Waals surface area contributed by atoms with E-state index in [2.05, 4.69) is 28.9 Å². The molecule has 1 aromatic rings. The van der Waals surface area contributed by atoms with Crippen LogP contribution in [0.1, 0.15) is 25.3 Å². The second kappa shape index (κ2) is 3.63. The molecule has 1 aromatic carbocycles. The van der Waals surface area contributed by atoms with Crippen LogP contribution in [-0.4, -0.2) is 11.1 Å². The van der Waals surface area contributed by atoms with E-state index >= 15 is 0 Å². The molecule has 0 amide bonds. The molecule has 80 valence electrons. The van der Waals surface area contributed by atoms with Crippen molar-refractivity contribution in [1.29, 1.82) is 0 Å². The Morgan fingerprint density at radius 1 is 1.60 bits per heavy atom. The van der Waals surface area contributed by atoms with Crippen molar-refractivity contribution in [2.24, 2.45) is 5.92 Å². The maximum Gasteiger partial charge on any atom is 0.303 e. The van der Waals surface area contributed by atoms with Gasteiger partial charge in [0.25, 0.3) is 0 Å². The molecule has 0 spiro atoms. The average Bonchev–Trinajstić information content (AvgIpc) is 2.77. The lowest BCUT2D eigenvalue weighted by molar-refractivity contribution is -0.137. The summed E-state index contributed by atoms with van der Waals surface area (Å²) in [6.07, 6.45) is 1.25. The minimum Gasteiger partial charge on any atom is -0.481 e. The van der Waals surface area contributed by atoms with Crippen LogP contribution in [0.15, 0.2) is 28.7 Å². The summed E-state index contributed by atoms with van der Waals surface area (Å²) in [6, 6.07) is 8.07. The lowest BCUT2D eigenvalue weighted by Crippen LogP contribution is -2.08. The number of aliphatic carboxylic acids is 1. The highest BCUT2D eigenvalue weighted by Crippen LogP contribution is 2.57. The predicted octanol–water partition coefficient (Wildman–Crippen LogP) is 3.20. The van der Waals surface area contributed by atoms with Gasteiger partial charge in [0.15, 0.2) is 0 Å². The molecule has 2 unspecified atom stereocenters. The molecular weight excluding hydrogens is 256 g/mol. The Bertz CT molecular complexity index is 402. The molecule has 2 atom stereocenters. The average molecular weight is 269 g/mol. The zero-order valence-corrected chi connectivity index (χ0v) is 10.1. The van der Waals surface area contributed by atoms with Crippen molar-refractivity contribution in [1.82, 2.24) is 0 Å². The van der Waals surface area contributed by atoms with Crippen molar-refractivity contribution in [3.05, 3.63) is 34.3 Å². The molecule has 0 aliphatic heterocycles. The molecule has 15 heavy (non-hydrogen) atoms. The highest BCUT2D eigenvalue weighted by atomic mass is 79.9. The standard InChI is InChI=1S/C12H13BrO2/c1-12(7-8(12)6-11(14)15)9-4-2-3-5-10(9)13/h2-5,8H,6-7H2,1H3,(H,14,15). The summed E-state index contributed by atoms with van der Waals surface area (Å²) in [5.41, 5.74) is 1.29. The second-order valence-electron chi connectivity index (χ2n) is 4.40. The molecular formula is C12H13BrO2. The first-order valence-corrected chi connectivity index (χ1v) is 5.80. The summed E-state index contributed by atoms with van der Waals surface area (Å²) in [7, 11) is 0. The van der Waals surface area contributed by atoms with E-state index in [4.69, 9.17) is 5.11 Å². The molecule has 0 bridgehead atoms. The largest absolute Gasteiger partial charge is 0.481 e. The summed E-state index contributed by atoms with van der Waals surface area (Å²) in [5.74, 6) is -0.413. The van der Waals surface area contributed by atoms with Crippen molar-refractivity contribution in [3.63, 3.8) is 0 Å². The van der Waals surface area contributed by atoms with Gasteiger partial charge in [0.05, 0.1) is 0 Å². The summed E-state index contributed by atoms with van der Waals surface area (Å²) in [6.45, 7) is 2.14. The number of benzene rings is 1. The molecule has 0 heterocycles. The minimum absolute atomic E-state index is 0.0541. The monoisotopic (exact) mass is 268 g/mol. The fourth-order valence-electron chi connectivity index (χ4n) is 2.22. The topological polar surface area (TPSA) is 37.3 Å². The summed E-state index contributed by atoms with van der Waals surface area (Å²) in [5, 5.41) is 8.76. The van der Waals surface area contributed by atoms with Gasteiger partial charge in [0.1, 0.15) is 0 Å². The third-order valence-electron chi connectivity index (χ3n) is 3.32. The van der Waals surface area contributed by atoms with Gasteiger partial charge >= 0.3 is 5.97 Å². The molecule has 1 N–H and O–H groups in total. The summed E-state index contributed by atoms with van der Waals surface area (Å²) < 4.78 is 1.08. The lowest BCUT2D eigenvalue weighted by Gasteiger charge is -2.13. The molecule has 1 aliphatic rings. The van der Waals surface area contributed by atoms with Crippen molar-refractivity contribution < 1.29 is 9.90 Å². The van der Waals surface area contributed by atoms with Gasteiger partial charge in [-0.1, -0.05) is 41.1 Å². The summed E-state index contributed by atoms with van der Waals surface area (Å²) >= 11 is 3.52. The van der Waals surface area contributed by atoms with E-state index in [-0.39, 0.29) is 17.8 Å². The molecule has 0 aromatic heterocycles. The van der Waals surface area contributed by atoms with Crippen LogP contribution in [0.25, 0.3) is 0 Å². The van der Waals surface area contributed by atoms with Crippen LogP contribution in [0.5, 0.6) is 0 Å². The van der Waals surface area contributed by atoms with Gasteiger partial charge in [0.2, 0.25) is 0 Å². The van der Waals surface area contributed by atoms with E-state index < -0.39 is 5.97 Å². The van der Waals surface area contributed by atoms with Crippen LogP contribution in [-0.2, 0) is 10.2 Å². The highest BCUT2D eigenvalue weighted by molar-refractivity contribution is 9.10. The van der Waals surface area contributed by atoms with E-state index in [1.165, 1.54) is 5.56 Å². The zero-order chi connectivity index (χ0) is 11.1. The second-order valence-corrected chi connectivity index (χ2v) is 5.25. The van der Waals surface area contributed by atoms with Crippen LogP contribution in [0.3, 0.4) is 0 Å². The predicted molar refractivity (Wildman–Crippen MR) is 61.9 cm³/mol. The lowest BCUT2D eigenvalue weighted by atomic mass is 9.94. The Hall–Kier alpha value is -0.830. The van der Waals surface area contributed by atoms with Crippen LogP contribution >= 0.6 is 15.9 Å². The normalized spacial score (nSPS) is 28.8. The van der Waals surface area contributed by atoms with Gasteiger partial charge in [-0.3, -0.25) is 4.79 Å². The number of halogens is 1. The fraction of sp³-hybridized carbons (Fsp3) is 0.417. The van der Waals surface area contributed by atoms with Crippen LogP contribution in [0, 0.1) is 5.92 Å². The number of carboxylic acids is 1. The molecule has 1 saturated carbocycles. The molecule has 1 aliphatic carbocycles. The van der Waals surface area contributed by atoms with Crippen molar-refractivity contribution in [2.45, 2.75) is 25.2 Å². The van der Waals surface area contributed by atoms with E-state index in [1.807, 2.05) is 18.2 Å². The quantitative estimate of drug-likeness (QED) is 0.914. The van der Waals surface area contributed by atoms with Gasteiger partial charge in [-0.25, -0.2) is 0 Å². The van der Waals surface area contributed by atoms with Crippen LogP contribution in [0.2, 0.25) is 0 Å². The Kier molecular flexibility index (Phi) is 2.59. The highest BCUT2D eigenvalue weighted by Gasteiger charge is 2.52. The van der Waals surface area contributed by atoms with E-state index in [0.717, 1.165) is 10.9 Å². The smallest absolute Gasteiger partial charge is 0.303 e. The van der Waals surface area contributed by atoms with E-state index in [0.29, 0.717) is 0 Å². The van der Waals surface area contributed by atoms with Crippen LogP contribution < -0.4 is 0 Å². The number of hydrogen-bond acceptors (Lipinski definition) is 1. The first-order valence-electron chi connectivity index (χ1n) is 5.01. The van der Waals surface area contributed by atoms with Gasteiger partial charge in [0, 0.05) is 10.9 Å². The zero-order valence-electron chi connectivity index (χ0n) is 8.53. The van der Waals surface area contributed by atoms with Gasteiger partial charge in [-0.05, 0) is 29.4 Å². The van der Waals surface area contributed by atoms with Crippen molar-refractivity contribution >= 4 is 21.9 Å². The molecule has 0 radical (unpaired) electrons. The maximum atomic E-state index is 10.6. The van der Waals surface area contributed by atoms with Gasteiger partial charge < -0.3 is 5.11 Å². The molecule has 0 saturated heterocycles.